The number of ether oxygens (including phenoxy) is 1. The van der Waals surface area contributed by atoms with Crippen LogP contribution >= 0.6 is 0 Å². The van der Waals surface area contributed by atoms with Gasteiger partial charge in [0.1, 0.15) is 23.5 Å². The first-order valence-electron chi connectivity index (χ1n) is 16.1. The highest BCUT2D eigenvalue weighted by atomic mass is 16.6. The number of aliphatic carboxylic acids is 1. The van der Waals surface area contributed by atoms with E-state index in [0.717, 1.165) is 30.5 Å². The fourth-order valence-electron chi connectivity index (χ4n) is 5.95. The van der Waals surface area contributed by atoms with E-state index in [9.17, 15) is 19.5 Å². The number of aromatic nitrogens is 2. The van der Waals surface area contributed by atoms with Crippen LogP contribution in [0.3, 0.4) is 0 Å². The maximum Gasteiger partial charge on any atom is 0.415 e. The van der Waals surface area contributed by atoms with Crippen molar-refractivity contribution in [2.45, 2.75) is 65.0 Å². The van der Waals surface area contributed by atoms with Gasteiger partial charge in [0.05, 0.1) is 6.20 Å². The number of para-hydroxylation sites is 1. The summed E-state index contributed by atoms with van der Waals surface area (Å²) in [6.45, 7) is 8.91. The molecule has 2 amide bonds. The summed E-state index contributed by atoms with van der Waals surface area (Å²) in [5.41, 5.74) is 3.26. The lowest BCUT2D eigenvalue weighted by Crippen LogP contribution is -2.45. The van der Waals surface area contributed by atoms with Gasteiger partial charge in [-0.3, -0.25) is 4.79 Å². The lowest BCUT2D eigenvalue weighted by Gasteiger charge is -2.32. The van der Waals surface area contributed by atoms with Gasteiger partial charge in [0, 0.05) is 44.8 Å². The van der Waals surface area contributed by atoms with Gasteiger partial charge in [-0.2, -0.15) is 4.98 Å². The van der Waals surface area contributed by atoms with Gasteiger partial charge in [0.15, 0.2) is 5.82 Å². The third-order valence-corrected chi connectivity index (χ3v) is 8.57. The van der Waals surface area contributed by atoms with Crippen LogP contribution in [0.2, 0.25) is 0 Å². The number of carboxylic acid groups (broad SMARTS) is 1. The van der Waals surface area contributed by atoms with E-state index >= 15 is 0 Å². The summed E-state index contributed by atoms with van der Waals surface area (Å²) in [4.78, 5) is 53.5. The number of likely N-dealkylation sites (tertiary alicyclic amines) is 1. The molecule has 0 saturated carbocycles. The van der Waals surface area contributed by atoms with Crippen molar-refractivity contribution in [2.75, 3.05) is 53.2 Å². The molecule has 2 aliphatic heterocycles. The van der Waals surface area contributed by atoms with E-state index in [4.69, 9.17) is 9.72 Å². The minimum absolute atomic E-state index is 0.126. The Morgan fingerprint density at radius 3 is 2.43 bits per heavy atom. The van der Waals surface area contributed by atoms with Crippen LogP contribution in [0, 0.1) is 0 Å². The largest absolute Gasteiger partial charge is 0.480 e. The summed E-state index contributed by atoms with van der Waals surface area (Å²) >= 11 is 0. The van der Waals surface area contributed by atoms with Crippen molar-refractivity contribution in [2.24, 2.45) is 0 Å². The predicted octanol–water partition coefficient (Wildman–Crippen LogP) is 4.81. The summed E-state index contributed by atoms with van der Waals surface area (Å²) in [5, 5.41) is 16.8. The van der Waals surface area contributed by atoms with E-state index in [1.807, 2.05) is 43.9 Å². The van der Waals surface area contributed by atoms with Crippen molar-refractivity contribution in [3.05, 3.63) is 65.9 Å². The Morgan fingerprint density at radius 1 is 1.04 bits per heavy atom. The molecule has 1 saturated heterocycles. The first kappa shape index (κ1) is 32.5. The zero-order chi connectivity index (χ0) is 32.6. The smallest absolute Gasteiger partial charge is 0.415 e. The maximum absolute atomic E-state index is 13.9. The number of likely N-dealkylation sites (N-methyl/N-ethyl adjacent to an activating group) is 1. The minimum Gasteiger partial charge on any atom is -0.480 e. The highest BCUT2D eigenvalue weighted by Crippen LogP contribution is 2.31. The zero-order valence-electron chi connectivity index (χ0n) is 26.7. The Hall–Kier alpha value is -4.87. The van der Waals surface area contributed by atoms with Crippen molar-refractivity contribution in [1.29, 1.82) is 0 Å². The number of carbonyl (C=O) groups is 3. The van der Waals surface area contributed by atoms with Crippen molar-refractivity contribution < 1.29 is 24.2 Å². The lowest BCUT2D eigenvalue weighted by atomic mass is 9.97. The minimum atomic E-state index is -1.07. The fourth-order valence-corrected chi connectivity index (χ4v) is 5.95. The monoisotopic (exact) mass is 629 g/mol. The summed E-state index contributed by atoms with van der Waals surface area (Å²) < 4.78 is 5.50. The second-order valence-corrected chi connectivity index (χ2v) is 11.5. The molecule has 0 aliphatic carbocycles. The number of hydrogen-bond donors (Lipinski definition) is 3. The lowest BCUT2D eigenvalue weighted by molar-refractivity contribution is -0.137. The second-order valence-electron chi connectivity index (χ2n) is 11.5. The van der Waals surface area contributed by atoms with Gasteiger partial charge >= 0.3 is 12.1 Å². The molecule has 1 fully saturated rings. The molecule has 244 valence electrons. The fraction of sp³-hybridized carbons (Fsp3) is 0.441. The van der Waals surface area contributed by atoms with E-state index in [2.05, 4.69) is 21.7 Å². The number of rotatable bonds is 12. The molecule has 12 nitrogen and oxygen atoms in total. The number of anilines is 4. The van der Waals surface area contributed by atoms with Gasteiger partial charge in [-0.05, 0) is 75.8 Å². The highest BCUT2D eigenvalue weighted by Gasteiger charge is 2.31. The van der Waals surface area contributed by atoms with Crippen LogP contribution in [0.15, 0.2) is 54.7 Å². The number of carbonyl (C=O) groups excluding carboxylic acids is 2. The number of hydrogen-bond acceptors (Lipinski definition) is 9. The van der Waals surface area contributed by atoms with Gasteiger partial charge in [-0.15, -0.1) is 0 Å². The number of fused-ring (bicyclic) bond motifs is 1. The number of benzene rings is 2. The molecule has 5 rings (SSSR count). The van der Waals surface area contributed by atoms with Crippen LogP contribution in [-0.4, -0.2) is 82.8 Å². The molecule has 1 aromatic heterocycles. The van der Waals surface area contributed by atoms with Crippen molar-refractivity contribution >= 4 is 41.1 Å². The van der Waals surface area contributed by atoms with Crippen LogP contribution in [0.25, 0.3) is 0 Å². The standard InChI is InChI=1S/C34H43N7O5/c1-4-39(5-2)33-35-22-29(41(6-3)31(42)27-18-15-24-11-7-8-12-26(24)36-27)30(38-33)37-28(32(43)44)21-23-13-16-25(17-14-23)46-34(45)40-19-9-10-20-40/h7-8,11-14,16-17,22,27-28,36H,4-6,9-10,15,18-21H2,1-3H3,(H,43,44)(H,35,37,38)/t27?,28-/m0/s1. The normalized spacial score (nSPS) is 16.2. The molecule has 0 spiro atoms. The molecule has 0 radical (unpaired) electrons. The first-order chi connectivity index (χ1) is 22.3. The number of amides is 2. The van der Waals surface area contributed by atoms with E-state index in [1.165, 1.54) is 5.56 Å². The quantitative estimate of drug-likeness (QED) is 0.256. The Bertz CT molecular complexity index is 1520. The molecule has 1 unspecified atom stereocenters. The van der Waals surface area contributed by atoms with Crippen LogP contribution in [-0.2, 0) is 22.4 Å². The summed E-state index contributed by atoms with van der Waals surface area (Å²) in [5.74, 6) is -0.0910. The van der Waals surface area contributed by atoms with Gasteiger partial charge in [0.25, 0.3) is 0 Å². The SMILES string of the molecule is CCN(CC)c1ncc(N(CC)C(=O)C2CCc3ccccc3N2)c(N[C@@H](Cc2ccc(OC(=O)N3CCCC3)cc2)C(=O)O)n1. The topological polar surface area (TPSA) is 140 Å². The molecule has 2 aromatic carbocycles. The summed E-state index contributed by atoms with van der Waals surface area (Å²) in [7, 11) is 0. The van der Waals surface area contributed by atoms with Crippen molar-refractivity contribution in [3.8, 4) is 5.75 Å². The molecular weight excluding hydrogens is 586 g/mol. The predicted molar refractivity (Wildman–Crippen MR) is 178 cm³/mol. The molecule has 2 atom stereocenters. The Kier molecular flexibility index (Phi) is 10.6. The number of nitrogens with zero attached hydrogens (tertiary/aromatic N) is 5. The number of carboxylic acids is 1. The highest BCUT2D eigenvalue weighted by molar-refractivity contribution is 6.01. The average Bonchev–Trinajstić information content (AvgIpc) is 3.62. The molecule has 12 heteroatoms. The molecule has 2 aliphatic rings. The molecule has 46 heavy (non-hydrogen) atoms. The Morgan fingerprint density at radius 2 is 1.76 bits per heavy atom. The van der Waals surface area contributed by atoms with E-state index < -0.39 is 18.1 Å². The molecule has 3 N–H and O–H groups in total. The van der Waals surface area contributed by atoms with E-state index in [-0.39, 0.29) is 24.2 Å². The van der Waals surface area contributed by atoms with E-state index in [1.54, 1.807) is 40.3 Å². The third kappa shape index (κ3) is 7.49. The van der Waals surface area contributed by atoms with Crippen molar-refractivity contribution in [3.63, 3.8) is 0 Å². The Balaban J connectivity index is 1.37. The first-order valence-corrected chi connectivity index (χ1v) is 16.1. The maximum atomic E-state index is 13.9. The molecule has 3 aromatic rings. The van der Waals surface area contributed by atoms with E-state index in [0.29, 0.717) is 56.5 Å². The van der Waals surface area contributed by atoms with Crippen LogP contribution in [0.1, 0.15) is 51.2 Å². The zero-order valence-corrected chi connectivity index (χ0v) is 26.7. The van der Waals surface area contributed by atoms with Crippen LogP contribution in [0.4, 0.5) is 27.9 Å². The van der Waals surface area contributed by atoms with Crippen molar-refractivity contribution in [1.82, 2.24) is 14.9 Å². The van der Waals surface area contributed by atoms with Crippen LogP contribution < -0.4 is 25.2 Å². The van der Waals surface area contributed by atoms with Crippen LogP contribution in [0.5, 0.6) is 5.75 Å². The number of aryl methyl sites for hydroxylation is 1. The van der Waals surface area contributed by atoms with Gasteiger partial charge in [0.2, 0.25) is 11.9 Å². The van der Waals surface area contributed by atoms with Gasteiger partial charge in [-0.25, -0.2) is 14.6 Å². The summed E-state index contributed by atoms with van der Waals surface area (Å²) in [6, 6.07) is 13.3. The molecule has 3 heterocycles. The van der Waals surface area contributed by atoms with Gasteiger partial charge in [-0.1, -0.05) is 30.3 Å². The summed E-state index contributed by atoms with van der Waals surface area (Å²) in [6.07, 6.45) is 4.70. The average molecular weight is 630 g/mol. The molecule has 0 bridgehead atoms. The second kappa shape index (κ2) is 14.9. The molecular formula is C34H43N7O5. The Labute approximate surface area is 269 Å². The van der Waals surface area contributed by atoms with Gasteiger partial charge < -0.3 is 35.2 Å². The number of nitrogens with one attached hydrogen (secondary N) is 2. The third-order valence-electron chi connectivity index (χ3n) is 8.57.